The number of carbonyl (C=O) groups excluding carboxylic acids is 2. The molecule has 0 aliphatic carbocycles. The van der Waals surface area contributed by atoms with Crippen LogP contribution in [0.3, 0.4) is 0 Å². The van der Waals surface area contributed by atoms with Crippen LogP contribution in [0.2, 0.25) is 0 Å². The molecule has 0 saturated heterocycles. The second-order valence-corrected chi connectivity index (χ2v) is 4.66. The van der Waals surface area contributed by atoms with Gasteiger partial charge in [0.05, 0.1) is 5.56 Å². The first kappa shape index (κ1) is 17.0. The van der Waals surface area contributed by atoms with E-state index in [1.807, 2.05) is 0 Å². The summed E-state index contributed by atoms with van der Waals surface area (Å²) in [6.07, 6.45) is -4.45. The van der Waals surface area contributed by atoms with Gasteiger partial charge in [0, 0.05) is 13.6 Å². The van der Waals surface area contributed by atoms with Gasteiger partial charge >= 0.3 is 6.18 Å². The van der Waals surface area contributed by atoms with Gasteiger partial charge in [0.1, 0.15) is 0 Å². The molecule has 0 fully saturated rings. The Kier molecular flexibility index (Phi) is 4.95. The van der Waals surface area contributed by atoms with E-state index >= 15 is 0 Å². The Morgan fingerprint density at radius 1 is 1.24 bits per heavy atom. The number of alkyl halides is 3. The summed E-state index contributed by atoms with van der Waals surface area (Å²) in [5.74, 6) is -1.47. The highest BCUT2D eigenvalue weighted by Gasteiger charge is 2.36. The predicted octanol–water partition coefficient (Wildman–Crippen LogP) is 0.785. The van der Waals surface area contributed by atoms with Crippen molar-refractivity contribution in [3.8, 4) is 0 Å². The average molecular weight is 303 g/mol. The molecule has 0 unspecified atom stereocenters. The van der Waals surface area contributed by atoms with E-state index in [9.17, 15) is 22.8 Å². The quantitative estimate of drug-likeness (QED) is 0.719. The maximum atomic E-state index is 12.5. The third kappa shape index (κ3) is 4.19. The number of amides is 2. The zero-order chi connectivity index (χ0) is 16.3. The fourth-order valence-corrected chi connectivity index (χ4v) is 1.59. The van der Waals surface area contributed by atoms with Crippen molar-refractivity contribution in [2.75, 3.05) is 7.05 Å². The molecule has 0 heterocycles. The van der Waals surface area contributed by atoms with Gasteiger partial charge in [0.25, 0.3) is 0 Å². The molecular formula is C13H16F3N3O2. The summed E-state index contributed by atoms with van der Waals surface area (Å²) in [4.78, 5) is 23.2. The molecule has 21 heavy (non-hydrogen) atoms. The van der Waals surface area contributed by atoms with Crippen molar-refractivity contribution >= 4 is 11.8 Å². The molecule has 116 valence electrons. The number of rotatable bonds is 4. The van der Waals surface area contributed by atoms with Crippen LogP contribution >= 0.6 is 0 Å². The number of nitrogens with two attached hydrogens (primary N) is 1. The number of hydrogen-bond donors (Lipinski definition) is 3. The molecule has 0 aliphatic heterocycles. The van der Waals surface area contributed by atoms with E-state index in [2.05, 4.69) is 10.6 Å². The molecule has 0 aliphatic rings. The van der Waals surface area contributed by atoms with Crippen LogP contribution in [0.15, 0.2) is 24.3 Å². The van der Waals surface area contributed by atoms with Crippen LogP contribution in [-0.2, 0) is 22.3 Å². The topological polar surface area (TPSA) is 84.2 Å². The number of benzene rings is 1. The lowest BCUT2D eigenvalue weighted by Gasteiger charge is -2.21. The van der Waals surface area contributed by atoms with E-state index < -0.39 is 29.1 Å². The van der Waals surface area contributed by atoms with Crippen molar-refractivity contribution in [1.29, 1.82) is 0 Å². The predicted molar refractivity (Wildman–Crippen MR) is 69.9 cm³/mol. The van der Waals surface area contributed by atoms with Gasteiger partial charge in [0.15, 0.2) is 5.54 Å². The van der Waals surface area contributed by atoms with Crippen LogP contribution < -0.4 is 16.4 Å². The third-order valence-corrected chi connectivity index (χ3v) is 2.88. The number of nitrogens with one attached hydrogen (secondary N) is 2. The van der Waals surface area contributed by atoms with E-state index in [1.165, 1.54) is 26.1 Å². The molecule has 2 amide bonds. The first-order valence-corrected chi connectivity index (χ1v) is 6.04. The summed E-state index contributed by atoms with van der Waals surface area (Å²) in [6, 6.07) is 4.53. The van der Waals surface area contributed by atoms with Crippen LogP contribution in [0.4, 0.5) is 13.2 Å². The highest BCUT2D eigenvalue weighted by atomic mass is 19.4. The Balaban J connectivity index is 2.76. The van der Waals surface area contributed by atoms with Crippen molar-refractivity contribution in [3.05, 3.63) is 35.4 Å². The Bertz CT molecular complexity index is 542. The van der Waals surface area contributed by atoms with Crippen LogP contribution in [0.25, 0.3) is 0 Å². The van der Waals surface area contributed by atoms with Gasteiger partial charge in [-0.15, -0.1) is 0 Å². The van der Waals surface area contributed by atoms with Crippen molar-refractivity contribution < 1.29 is 22.8 Å². The van der Waals surface area contributed by atoms with Crippen LogP contribution in [0.5, 0.6) is 0 Å². The number of hydrogen-bond acceptors (Lipinski definition) is 3. The molecule has 8 heteroatoms. The molecular weight excluding hydrogens is 287 g/mol. The highest BCUT2D eigenvalue weighted by molar-refractivity contribution is 6.08. The second-order valence-electron chi connectivity index (χ2n) is 4.66. The van der Waals surface area contributed by atoms with Crippen LogP contribution in [0.1, 0.15) is 18.1 Å². The number of halogens is 3. The number of likely N-dealkylation sites (N-methyl/N-ethyl adjacent to an activating group) is 1. The molecule has 0 aromatic heterocycles. The average Bonchev–Trinajstić information content (AvgIpc) is 2.43. The molecule has 4 N–H and O–H groups in total. The van der Waals surface area contributed by atoms with Crippen molar-refractivity contribution in [2.45, 2.75) is 25.2 Å². The zero-order valence-corrected chi connectivity index (χ0v) is 11.5. The first-order valence-electron chi connectivity index (χ1n) is 6.04. The zero-order valence-electron chi connectivity index (χ0n) is 11.5. The lowest BCUT2D eigenvalue weighted by atomic mass is 10.0. The van der Waals surface area contributed by atoms with E-state index in [-0.39, 0.29) is 12.1 Å². The van der Waals surface area contributed by atoms with E-state index in [0.29, 0.717) is 0 Å². The van der Waals surface area contributed by atoms with Crippen LogP contribution in [0, 0.1) is 0 Å². The lowest BCUT2D eigenvalue weighted by molar-refractivity contribution is -0.138. The lowest BCUT2D eigenvalue weighted by Crippen LogP contribution is -2.60. The molecule has 1 aromatic rings. The maximum absolute atomic E-state index is 12.5. The largest absolute Gasteiger partial charge is 0.416 e. The Morgan fingerprint density at radius 2 is 1.86 bits per heavy atom. The van der Waals surface area contributed by atoms with Gasteiger partial charge in [-0.2, -0.15) is 13.2 Å². The summed E-state index contributed by atoms with van der Waals surface area (Å²) in [5, 5.41) is 4.58. The third-order valence-electron chi connectivity index (χ3n) is 2.88. The first-order chi connectivity index (χ1) is 9.59. The van der Waals surface area contributed by atoms with Crippen molar-refractivity contribution in [2.24, 2.45) is 5.73 Å². The summed E-state index contributed by atoms with van der Waals surface area (Å²) in [6.45, 7) is 1.06. The highest BCUT2D eigenvalue weighted by Crippen LogP contribution is 2.29. The molecule has 5 nitrogen and oxygen atoms in total. The van der Waals surface area contributed by atoms with Gasteiger partial charge in [-0.25, -0.2) is 0 Å². The number of carbonyl (C=O) groups is 2. The minimum atomic E-state index is -4.45. The minimum absolute atomic E-state index is 0.160. The second kappa shape index (κ2) is 6.13. The van der Waals surface area contributed by atoms with Gasteiger partial charge in [-0.1, -0.05) is 12.1 Å². The molecule has 1 atom stereocenters. The van der Waals surface area contributed by atoms with E-state index in [1.54, 1.807) is 0 Å². The van der Waals surface area contributed by atoms with Gasteiger partial charge in [-0.05, 0) is 24.6 Å². The Hall–Kier alpha value is -2.09. The summed E-state index contributed by atoms with van der Waals surface area (Å²) in [5.41, 5.74) is 3.22. The van der Waals surface area contributed by atoms with Crippen molar-refractivity contribution in [3.63, 3.8) is 0 Å². The van der Waals surface area contributed by atoms with Crippen molar-refractivity contribution in [1.82, 2.24) is 10.6 Å². The molecule has 1 rings (SSSR count). The normalized spacial score (nSPS) is 14.2. The molecule has 0 saturated carbocycles. The van der Waals surface area contributed by atoms with Gasteiger partial charge < -0.3 is 16.4 Å². The van der Waals surface area contributed by atoms with E-state index in [4.69, 9.17) is 5.73 Å². The summed E-state index contributed by atoms with van der Waals surface area (Å²) in [7, 11) is 1.33. The van der Waals surface area contributed by atoms with Gasteiger partial charge in [0.2, 0.25) is 11.8 Å². The molecule has 0 radical (unpaired) electrons. The van der Waals surface area contributed by atoms with Gasteiger partial charge in [-0.3, -0.25) is 9.59 Å². The monoisotopic (exact) mass is 303 g/mol. The minimum Gasteiger partial charge on any atom is -0.357 e. The van der Waals surface area contributed by atoms with Crippen LogP contribution in [-0.4, -0.2) is 24.4 Å². The Morgan fingerprint density at radius 3 is 2.38 bits per heavy atom. The maximum Gasteiger partial charge on any atom is 0.416 e. The summed E-state index contributed by atoms with van der Waals surface area (Å²) >= 11 is 0. The fraction of sp³-hybridized carbons (Fsp3) is 0.385. The van der Waals surface area contributed by atoms with E-state index in [0.717, 1.165) is 12.1 Å². The standard InChI is InChI=1S/C13H16F3N3O2/c1-12(17,10(20)18-2)11(21)19-7-8-4-3-5-9(6-8)13(14,15)16/h3-6H,7,17H2,1-2H3,(H,18,20)(H,19,21)/t12-/m0/s1. The SMILES string of the molecule is CNC(=O)[C@](C)(N)C(=O)NCc1cccc(C(F)(F)F)c1. The molecule has 1 aromatic carbocycles. The Labute approximate surface area is 119 Å². The molecule has 0 bridgehead atoms. The smallest absolute Gasteiger partial charge is 0.357 e. The summed E-state index contributed by atoms with van der Waals surface area (Å²) < 4.78 is 37.6. The fourth-order valence-electron chi connectivity index (χ4n) is 1.59. The molecule has 0 spiro atoms.